The molecule has 1 N–H and O–H groups in total. The van der Waals surface area contributed by atoms with E-state index in [2.05, 4.69) is 22.1 Å². The van der Waals surface area contributed by atoms with E-state index in [0.717, 1.165) is 37.2 Å². The highest BCUT2D eigenvalue weighted by molar-refractivity contribution is 6.00. The smallest absolute Gasteiger partial charge is 0.270 e. The molecule has 7 nitrogen and oxygen atoms in total. The summed E-state index contributed by atoms with van der Waals surface area (Å²) in [6.45, 7) is 4.24. The first-order valence-electron chi connectivity index (χ1n) is 8.75. The minimum atomic E-state index is -0.472. The predicted molar refractivity (Wildman–Crippen MR) is 99.1 cm³/mol. The average Bonchev–Trinajstić information content (AvgIpc) is 2.67. The van der Waals surface area contributed by atoms with Gasteiger partial charge in [0.05, 0.1) is 16.2 Å². The minimum Gasteiger partial charge on any atom is -0.371 e. The summed E-state index contributed by atoms with van der Waals surface area (Å²) < 4.78 is 0. The van der Waals surface area contributed by atoms with Crippen molar-refractivity contribution in [3.05, 3.63) is 64.0 Å². The number of pyridine rings is 1. The lowest BCUT2D eigenvalue weighted by Gasteiger charge is -2.33. The molecule has 0 spiro atoms. The highest BCUT2D eigenvalue weighted by Crippen LogP contribution is 2.29. The molecule has 1 aromatic heterocycles. The number of benzene rings is 1. The molecule has 7 heteroatoms. The van der Waals surface area contributed by atoms with Crippen molar-refractivity contribution in [2.75, 3.05) is 18.0 Å². The molecule has 1 aliphatic heterocycles. The number of nitro groups is 1. The van der Waals surface area contributed by atoms with Crippen LogP contribution in [0, 0.1) is 16.0 Å². The van der Waals surface area contributed by atoms with Crippen LogP contribution in [-0.2, 0) is 6.54 Å². The third-order valence-electron chi connectivity index (χ3n) is 4.74. The van der Waals surface area contributed by atoms with Gasteiger partial charge in [0.2, 0.25) is 0 Å². The SMILES string of the molecule is CC1CCN(c2ccc([N+](=O)[O-])cc2C(=O)NCc2cccnc2)CC1. The van der Waals surface area contributed by atoms with Crippen LogP contribution in [0.5, 0.6) is 0 Å². The monoisotopic (exact) mass is 354 g/mol. The highest BCUT2D eigenvalue weighted by atomic mass is 16.6. The van der Waals surface area contributed by atoms with Crippen molar-refractivity contribution in [3.8, 4) is 0 Å². The topological polar surface area (TPSA) is 88.4 Å². The molecule has 1 saturated heterocycles. The molecule has 26 heavy (non-hydrogen) atoms. The van der Waals surface area contributed by atoms with Gasteiger partial charge in [-0.1, -0.05) is 13.0 Å². The van der Waals surface area contributed by atoms with Crippen LogP contribution in [0.25, 0.3) is 0 Å². The second-order valence-electron chi connectivity index (χ2n) is 6.67. The van der Waals surface area contributed by atoms with Crippen molar-refractivity contribution in [1.82, 2.24) is 10.3 Å². The maximum Gasteiger partial charge on any atom is 0.270 e. The molecule has 0 unspecified atom stereocenters. The first-order chi connectivity index (χ1) is 12.5. The molecule has 0 atom stereocenters. The zero-order valence-corrected chi connectivity index (χ0v) is 14.7. The van der Waals surface area contributed by atoms with Gasteiger partial charge in [-0.3, -0.25) is 19.9 Å². The van der Waals surface area contributed by atoms with Crippen molar-refractivity contribution < 1.29 is 9.72 Å². The maximum absolute atomic E-state index is 12.7. The van der Waals surface area contributed by atoms with Crippen LogP contribution in [0.1, 0.15) is 35.7 Å². The maximum atomic E-state index is 12.7. The van der Waals surface area contributed by atoms with Crippen molar-refractivity contribution >= 4 is 17.3 Å². The fraction of sp³-hybridized carbons (Fsp3) is 0.368. The van der Waals surface area contributed by atoms with E-state index in [1.54, 1.807) is 24.5 Å². The quantitative estimate of drug-likeness (QED) is 0.658. The molecule has 0 aliphatic carbocycles. The van der Waals surface area contributed by atoms with Crippen molar-refractivity contribution in [1.29, 1.82) is 0 Å². The summed E-state index contributed by atoms with van der Waals surface area (Å²) >= 11 is 0. The van der Waals surface area contributed by atoms with Gasteiger partial charge in [0.1, 0.15) is 0 Å². The summed E-state index contributed by atoms with van der Waals surface area (Å²) in [6, 6.07) is 8.19. The second-order valence-corrected chi connectivity index (χ2v) is 6.67. The molecule has 3 rings (SSSR count). The molecular weight excluding hydrogens is 332 g/mol. The third-order valence-corrected chi connectivity index (χ3v) is 4.74. The van der Waals surface area contributed by atoms with E-state index < -0.39 is 4.92 Å². The number of amides is 1. The molecular formula is C19H22N4O3. The van der Waals surface area contributed by atoms with E-state index in [9.17, 15) is 14.9 Å². The van der Waals surface area contributed by atoms with E-state index in [0.29, 0.717) is 18.0 Å². The van der Waals surface area contributed by atoms with Gasteiger partial charge in [0, 0.05) is 44.2 Å². The summed E-state index contributed by atoms with van der Waals surface area (Å²) in [5, 5.41) is 14.0. The lowest BCUT2D eigenvalue weighted by Crippen LogP contribution is -2.35. The Morgan fingerprint density at radius 1 is 1.35 bits per heavy atom. The standard InChI is InChI=1S/C19H22N4O3/c1-14-6-9-22(10-7-14)18-5-4-16(23(25)26)11-17(18)19(24)21-13-15-3-2-8-20-12-15/h2-5,8,11-12,14H,6-7,9-10,13H2,1H3,(H,21,24). The second kappa shape index (κ2) is 7.95. The number of non-ortho nitro benzene ring substituents is 1. The molecule has 2 heterocycles. The van der Waals surface area contributed by atoms with Gasteiger partial charge in [0.25, 0.3) is 11.6 Å². The Morgan fingerprint density at radius 2 is 2.12 bits per heavy atom. The number of rotatable bonds is 5. The molecule has 1 fully saturated rings. The molecule has 136 valence electrons. The minimum absolute atomic E-state index is 0.0781. The van der Waals surface area contributed by atoms with Crippen molar-refractivity contribution in [2.45, 2.75) is 26.3 Å². The summed E-state index contributed by atoms with van der Waals surface area (Å²) in [5.41, 5.74) is 1.90. The van der Waals surface area contributed by atoms with E-state index in [1.165, 1.54) is 12.1 Å². The fourth-order valence-electron chi connectivity index (χ4n) is 3.12. The van der Waals surface area contributed by atoms with E-state index in [1.807, 2.05) is 6.07 Å². The van der Waals surface area contributed by atoms with E-state index >= 15 is 0 Å². The number of hydrogen-bond acceptors (Lipinski definition) is 5. The molecule has 0 bridgehead atoms. The van der Waals surface area contributed by atoms with Crippen LogP contribution in [-0.4, -0.2) is 28.9 Å². The lowest BCUT2D eigenvalue weighted by molar-refractivity contribution is -0.384. The van der Waals surface area contributed by atoms with Gasteiger partial charge < -0.3 is 10.2 Å². The predicted octanol–water partition coefficient (Wildman–Crippen LogP) is 3.16. The van der Waals surface area contributed by atoms with Gasteiger partial charge in [-0.05, 0) is 36.5 Å². The van der Waals surface area contributed by atoms with Crippen LogP contribution in [0.4, 0.5) is 11.4 Å². The first-order valence-corrected chi connectivity index (χ1v) is 8.75. The number of hydrogen-bond donors (Lipinski definition) is 1. The molecule has 1 aliphatic rings. The summed E-state index contributed by atoms with van der Waals surface area (Å²) in [4.78, 5) is 29.6. The zero-order chi connectivity index (χ0) is 18.5. The van der Waals surface area contributed by atoms with Crippen molar-refractivity contribution in [3.63, 3.8) is 0 Å². The summed E-state index contributed by atoms with van der Waals surface area (Å²) in [7, 11) is 0. The Labute approximate surface area is 152 Å². The van der Waals surface area contributed by atoms with Gasteiger partial charge in [-0.25, -0.2) is 0 Å². The molecule has 2 aromatic rings. The van der Waals surface area contributed by atoms with Gasteiger partial charge in [0.15, 0.2) is 0 Å². The Hall–Kier alpha value is -2.96. The average molecular weight is 354 g/mol. The fourth-order valence-corrected chi connectivity index (χ4v) is 3.12. The lowest BCUT2D eigenvalue weighted by atomic mass is 9.98. The normalized spacial score (nSPS) is 14.9. The number of carbonyl (C=O) groups is 1. The van der Waals surface area contributed by atoms with Crippen LogP contribution in [0.2, 0.25) is 0 Å². The van der Waals surface area contributed by atoms with Crippen LogP contribution in [0.3, 0.4) is 0 Å². The summed E-state index contributed by atoms with van der Waals surface area (Å²) in [6.07, 6.45) is 5.45. The molecule has 1 aromatic carbocycles. The van der Waals surface area contributed by atoms with Gasteiger partial charge in [-0.2, -0.15) is 0 Å². The number of nitrogens with one attached hydrogen (secondary N) is 1. The van der Waals surface area contributed by atoms with Crippen LogP contribution in [0.15, 0.2) is 42.7 Å². The first kappa shape index (κ1) is 17.8. The largest absolute Gasteiger partial charge is 0.371 e. The van der Waals surface area contributed by atoms with Crippen LogP contribution < -0.4 is 10.2 Å². The molecule has 0 radical (unpaired) electrons. The number of anilines is 1. The van der Waals surface area contributed by atoms with Gasteiger partial charge >= 0.3 is 0 Å². The molecule has 0 saturated carbocycles. The number of carbonyl (C=O) groups excluding carboxylic acids is 1. The van der Waals surface area contributed by atoms with Gasteiger partial charge in [-0.15, -0.1) is 0 Å². The molecule has 1 amide bonds. The Bertz CT molecular complexity index is 787. The Balaban J connectivity index is 1.83. The van der Waals surface area contributed by atoms with E-state index in [-0.39, 0.29) is 11.6 Å². The van der Waals surface area contributed by atoms with Crippen molar-refractivity contribution in [2.24, 2.45) is 5.92 Å². The third kappa shape index (κ3) is 4.17. The van der Waals surface area contributed by atoms with E-state index in [4.69, 9.17) is 0 Å². The number of aromatic nitrogens is 1. The highest BCUT2D eigenvalue weighted by Gasteiger charge is 2.23. The number of piperidine rings is 1. The summed E-state index contributed by atoms with van der Waals surface area (Å²) in [5.74, 6) is 0.346. The zero-order valence-electron chi connectivity index (χ0n) is 14.7. The Kier molecular flexibility index (Phi) is 5.46. The number of nitrogens with zero attached hydrogens (tertiary/aromatic N) is 3. The number of nitro benzene ring substituents is 1. The van der Waals surface area contributed by atoms with Crippen LogP contribution >= 0.6 is 0 Å². The Morgan fingerprint density at radius 3 is 2.77 bits per heavy atom.